The van der Waals surface area contributed by atoms with Crippen molar-refractivity contribution in [1.29, 1.82) is 0 Å². The van der Waals surface area contributed by atoms with Gasteiger partial charge in [0.05, 0.1) is 13.2 Å². The molecule has 1 N–H and O–H groups in total. The lowest BCUT2D eigenvalue weighted by molar-refractivity contribution is 0.0253. The molecule has 0 radical (unpaired) electrons. The van der Waals surface area contributed by atoms with Crippen LogP contribution in [-0.4, -0.2) is 67.4 Å². The fraction of sp³-hybridized carbons (Fsp3) is 0.682. The number of anilines is 1. The van der Waals surface area contributed by atoms with Crippen molar-refractivity contribution in [2.24, 2.45) is 0 Å². The van der Waals surface area contributed by atoms with Crippen LogP contribution in [-0.2, 0) is 4.74 Å². The van der Waals surface area contributed by atoms with E-state index in [-0.39, 0.29) is 18.2 Å². The zero-order chi connectivity index (χ0) is 20.1. The van der Waals surface area contributed by atoms with Gasteiger partial charge in [-0.1, -0.05) is 6.92 Å². The highest BCUT2D eigenvalue weighted by atomic mass is 16.5. The van der Waals surface area contributed by atoms with E-state index in [1.54, 1.807) is 0 Å². The van der Waals surface area contributed by atoms with Crippen LogP contribution in [0.2, 0.25) is 0 Å². The van der Waals surface area contributed by atoms with E-state index in [0.29, 0.717) is 6.04 Å². The summed E-state index contributed by atoms with van der Waals surface area (Å²) < 4.78 is 11.5. The van der Waals surface area contributed by atoms with Crippen molar-refractivity contribution in [3.8, 4) is 5.75 Å². The summed E-state index contributed by atoms with van der Waals surface area (Å²) in [7, 11) is 1.91. The van der Waals surface area contributed by atoms with Crippen LogP contribution in [0.4, 0.5) is 10.5 Å². The first kappa shape index (κ1) is 20.9. The highest BCUT2D eigenvalue weighted by molar-refractivity contribution is 5.89. The minimum atomic E-state index is -0.0420. The van der Waals surface area contributed by atoms with Crippen LogP contribution in [0.3, 0.4) is 0 Å². The van der Waals surface area contributed by atoms with Gasteiger partial charge >= 0.3 is 6.03 Å². The van der Waals surface area contributed by atoms with Gasteiger partial charge in [-0.25, -0.2) is 4.79 Å². The largest absolute Gasteiger partial charge is 0.490 e. The first-order valence-corrected chi connectivity index (χ1v) is 10.6. The van der Waals surface area contributed by atoms with E-state index in [1.165, 1.54) is 0 Å². The van der Waals surface area contributed by atoms with Gasteiger partial charge in [0.2, 0.25) is 0 Å². The molecule has 2 atom stereocenters. The summed E-state index contributed by atoms with van der Waals surface area (Å²) in [6.45, 7) is 10.1. The number of rotatable bonds is 5. The molecule has 3 rings (SSSR count). The van der Waals surface area contributed by atoms with Crippen molar-refractivity contribution < 1.29 is 14.3 Å². The molecule has 1 aromatic carbocycles. The average Bonchev–Trinajstić information content (AvgIpc) is 2.70. The summed E-state index contributed by atoms with van der Waals surface area (Å²) in [5.41, 5.74) is 1.85. The van der Waals surface area contributed by atoms with Gasteiger partial charge < -0.3 is 24.6 Å². The van der Waals surface area contributed by atoms with Crippen LogP contribution in [0.15, 0.2) is 18.2 Å². The van der Waals surface area contributed by atoms with Crippen LogP contribution in [0.25, 0.3) is 0 Å². The molecule has 2 saturated heterocycles. The van der Waals surface area contributed by atoms with E-state index in [0.717, 1.165) is 69.0 Å². The number of aryl methyl sites for hydroxylation is 1. The summed E-state index contributed by atoms with van der Waals surface area (Å²) in [6, 6.07) is 6.64. The number of nitrogens with zero attached hydrogens (tertiary/aromatic N) is 2. The Morgan fingerprint density at radius 1 is 1.32 bits per heavy atom. The minimum Gasteiger partial charge on any atom is -0.490 e. The van der Waals surface area contributed by atoms with E-state index >= 15 is 0 Å². The first-order chi connectivity index (χ1) is 13.5. The van der Waals surface area contributed by atoms with Crippen molar-refractivity contribution in [3.63, 3.8) is 0 Å². The Bertz CT molecular complexity index is 660. The highest BCUT2D eigenvalue weighted by Gasteiger charge is 2.29. The standard InChI is InChI=1S/C22H35N3O3/c1-5-25-11-8-19(15-17(25)3)24(4)22(26)23-18-6-7-21(16(2)14-18)28-20-9-12-27-13-10-20/h6-7,14,17,19-20H,5,8-13,15H2,1-4H3,(H,23,26). The topological polar surface area (TPSA) is 54.0 Å². The van der Waals surface area contributed by atoms with Crippen LogP contribution in [0.1, 0.15) is 45.1 Å². The predicted octanol–water partition coefficient (Wildman–Crippen LogP) is 3.89. The smallest absolute Gasteiger partial charge is 0.321 e. The van der Waals surface area contributed by atoms with E-state index in [9.17, 15) is 4.79 Å². The summed E-state index contributed by atoms with van der Waals surface area (Å²) >= 11 is 0. The lowest BCUT2D eigenvalue weighted by Gasteiger charge is -2.40. The maximum atomic E-state index is 12.7. The Balaban J connectivity index is 1.55. The average molecular weight is 390 g/mol. The second-order valence-corrected chi connectivity index (χ2v) is 8.11. The summed E-state index contributed by atoms with van der Waals surface area (Å²) in [4.78, 5) is 17.1. The monoisotopic (exact) mass is 389 g/mol. The number of hydrogen-bond acceptors (Lipinski definition) is 4. The van der Waals surface area contributed by atoms with Crippen LogP contribution >= 0.6 is 0 Å². The fourth-order valence-electron chi connectivity index (χ4n) is 4.23. The third kappa shape index (κ3) is 5.17. The number of ether oxygens (including phenoxy) is 2. The molecule has 2 amide bonds. The van der Waals surface area contributed by atoms with Crippen molar-refractivity contribution in [2.75, 3.05) is 38.7 Å². The van der Waals surface area contributed by atoms with Crippen molar-refractivity contribution in [3.05, 3.63) is 23.8 Å². The van der Waals surface area contributed by atoms with Gasteiger partial charge in [0, 0.05) is 44.2 Å². The molecule has 0 saturated carbocycles. The van der Waals surface area contributed by atoms with Gasteiger partial charge in [0.25, 0.3) is 0 Å². The lowest BCUT2D eigenvalue weighted by atomic mass is 9.97. The fourth-order valence-corrected chi connectivity index (χ4v) is 4.23. The number of urea groups is 1. The molecule has 6 heteroatoms. The number of benzene rings is 1. The number of amides is 2. The van der Waals surface area contributed by atoms with Crippen molar-refractivity contribution in [1.82, 2.24) is 9.80 Å². The van der Waals surface area contributed by atoms with Crippen molar-refractivity contribution in [2.45, 2.75) is 64.6 Å². The van der Waals surface area contributed by atoms with Gasteiger partial charge in [-0.15, -0.1) is 0 Å². The number of likely N-dealkylation sites (tertiary alicyclic amines) is 1. The molecule has 2 aliphatic rings. The molecule has 0 aromatic heterocycles. The van der Waals surface area contributed by atoms with Crippen LogP contribution in [0.5, 0.6) is 5.75 Å². The Labute approximate surface area is 169 Å². The second kappa shape index (κ2) is 9.61. The van der Waals surface area contributed by atoms with Gasteiger partial charge in [-0.2, -0.15) is 0 Å². The number of carbonyl (C=O) groups excluding carboxylic acids is 1. The third-order valence-corrected chi connectivity index (χ3v) is 6.15. The number of nitrogens with one attached hydrogen (secondary N) is 1. The molecule has 0 spiro atoms. The molecule has 0 bridgehead atoms. The van der Waals surface area contributed by atoms with Crippen molar-refractivity contribution >= 4 is 11.7 Å². The summed E-state index contributed by atoms with van der Waals surface area (Å²) in [6.07, 6.45) is 4.12. The molecule has 156 valence electrons. The maximum Gasteiger partial charge on any atom is 0.321 e. The van der Waals surface area contributed by atoms with E-state index in [4.69, 9.17) is 9.47 Å². The summed E-state index contributed by atoms with van der Waals surface area (Å²) in [5.74, 6) is 0.888. The molecule has 2 fully saturated rings. The van der Waals surface area contributed by atoms with Gasteiger partial charge in [-0.05, 0) is 57.0 Å². The maximum absolute atomic E-state index is 12.7. The Kier molecular flexibility index (Phi) is 7.18. The molecule has 1 aromatic rings. The SMILES string of the molecule is CCN1CCC(N(C)C(=O)Nc2ccc(OC3CCOCC3)c(C)c2)CC1C. The highest BCUT2D eigenvalue weighted by Crippen LogP contribution is 2.26. The second-order valence-electron chi connectivity index (χ2n) is 8.11. The quantitative estimate of drug-likeness (QED) is 0.830. The zero-order valence-corrected chi connectivity index (χ0v) is 17.7. The van der Waals surface area contributed by atoms with Gasteiger partial charge in [0.1, 0.15) is 11.9 Å². The Hall–Kier alpha value is -1.79. The lowest BCUT2D eigenvalue weighted by Crippen LogP contribution is -2.50. The van der Waals surface area contributed by atoms with E-state index < -0.39 is 0 Å². The molecule has 28 heavy (non-hydrogen) atoms. The molecule has 2 unspecified atom stereocenters. The predicted molar refractivity (Wildman–Crippen MR) is 112 cm³/mol. The number of hydrogen-bond donors (Lipinski definition) is 1. The number of piperidine rings is 1. The van der Waals surface area contributed by atoms with E-state index in [1.807, 2.05) is 37.1 Å². The number of carbonyl (C=O) groups is 1. The summed E-state index contributed by atoms with van der Waals surface area (Å²) in [5, 5.41) is 3.05. The molecular formula is C22H35N3O3. The van der Waals surface area contributed by atoms with Gasteiger partial charge in [-0.3, -0.25) is 0 Å². The van der Waals surface area contributed by atoms with Crippen LogP contribution < -0.4 is 10.1 Å². The molecular weight excluding hydrogens is 354 g/mol. The van der Waals surface area contributed by atoms with Gasteiger partial charge in [0.15, 0.2) is 0 Å². The Morgan fingerprint density at radius 2 is 2.07 bits per heavy atom. The molecule has 0 aliphatic carbocycles. The van der Waals surface area contributed by atoms with E-state index in [2.05, 4.69) is 24.1 Å². The Morgan fingerprint density at radius 3 is 2.71 bits per heavy atom. The minimum absolute atomic E-state index is 0.0420. The normalized spacial score (nSPS) is 24.0. The molecule has 6 nitrogen and oxygen atoms in total. The third-order valence-electron chi connectivity index (χ3n) is 6.15. The zero-order valence-electron chi connectivity index (χ0n) is 17.7. The molecule has 2 aliphatic heterocycles. The molecule has 2 heterocycles. The first-order valence-electron chi connectivity index (χ1n) is 10.6. The van der Waals surface area contributed by atoms with Crippen LogP contribution in [0, 0.1) is 6.92 Å².